The summed E-state index contributed by atoms with van der Waals surface area (Å²) in [4.78, 5) is 32.4. The number of ketones is 1. The quantitative estimate of drug-likeness (QED) is 0.440. The first-order valence-corrected chi connectivity index (χ1v) is 5.84. The molecule has 0 saturated heterocycles. The zero-order valence-corrected chi connectivity index (χ0v) is 10.7. The molecule has 3 N–H and O–H groups in total. The summed E-state index contributed by atoms with van der Waals surface area (Å²) in [5.74, 6) is -1.36. The number of hydrogen-bond donors (Lipinski definition) is 3. The van der Waals surface area contributed by atoms with Crippen LogP contribution in [0.3, 0.4) is 0 Å². The summed E-state index contributed by atoms with van der Waals surface area (Å²) < 4.78 is 0. The molecule has 1 atom stereocenters. The number of carboxylic acid groups (broad SMARTS) is 1. The highest BCUT2D eigenvalue weighted by atomic mass is 16.4. The van der Waals surface area contributed by atoms with Crippen molar-refractivity contribution in [3.8, 4) is 0 Å². The Balaban J connectivity index is -0.00000144. The number of rotatable bonds is 9. The average Bonchev–Trinajstić information content (AvgIpc) is 2.30. The van der Waals surface area contributed by atoms with E-state index in [-0.39, 0.29) is 26.5 Å². The van der Waals surface area contributed by atoms with Gasteiger partial charge in [0.05, 0.1) is 0 Å². The number of hydrogen-bond acceptors (Lipinski definition) is 4. The number of amides is 1. The molecule has 0 rings (SSSR count). The third kappa shape index (κ3) is 12.8. The van der Waals surface area contributed by atoms with Gasteiger partial charge in [0.1, 0.15) is 6.04 Å². The Morgan fingerprint density at radius 3 is 2.20 bits per heavy atom. The van der Waals surface area contributed by atoms with Crippen molar-refractivity contribution in [3.05, 3.63) is 12.2 Å². The lowest BCUT2D eigenvalue weighted by Gasteiger charge is -2.10. The van der Waals surface area contributed by atoms with Crippen LogP contribution in [0.5, 0.6) is 0 Å². The maximum Gasteiger partial charge on any atom is 0.320 e. The van der Waals surface area contributed by atoms with Crippen LogP contribution in [0.2, 0.25) is 0 Å². The fourth-order valence-corrected chi connectivity index (χ4v) is 1.33. The molecule has 0 spiro atoms. The molecular formula is C14H28N2O4. The van der Waals surface area contributed by atoms with Crippen molar-refractivity contribution in [1.82, 2.24) is 10.6 Å². The number of carboxylic acids is 1. The summed E-state index contributed by atoms with van der Waals surface area (Å²) in [6, 6.07) is -0.543. The van der Waals surface area contributed by atoms with Gasteiger partial charge >= 0.3 is 5.97 Å². The van der Waals surface area contributed by atoms with Crippen molar-refractivity contribution in [2.24, 2.45) is 0 Å². The molecule has 0 unspecified atom stereocenters. The van der Waals surface area contributed by atoms with E-state index in [0.29, 0.717) is 25.8 Å². The van der Waals surface area contributed by atoms with Crippen LogP contribution < -0.4 is 10.6 Å². The summed E-state index contributed by atoms with van der Waals surface area (Å²) in [5, 5.41) is 14.1. The zero-order chi connectivity index (χ0) is 14.0. The Hall–Kier alpha value is -1.69. The SMILES string of the molecule is C.C.CN[C@@H](CCCCNC(=O)/C=C/C(C)=O)C(=O)O. The molecule has 0 saturated carbocycles. The van der Waals surface area contributed by atoms with E-state index in [0.717, 1.165) is 0 Å². The van der Waals surface area contributed by atoms with Crippen LogP contribution >= 0.6 is 0 Å². The van der Waals surface area contributed by atoms with Gasteiger partial charge in [0.25, 0.3) is 0 Å². The molecule has 0 aliphatic heterocycles. The monoisotopic (exact) mass is 288 g/mol. The largest absolute Gasteiger partial charge is 0.480 e. The lowest BCUT2D eigenvalue weighted by molar-refractivity contribution is -0.139. The van der Waals surface area contributed by atoms with Gasteiger partial charge in [0.15, 0.2) is 5.78 Å². The molecule has 1 amide bonds. The average molecular weight is 288 g/mol. The second-order valence-corrected chi connectivity index (χ2v) is 3.91. The maximum absolute atomic E-state index is 11.2. The number of allylic oxidation sites excluding steroid dienone is 1. The van der Waals surface area contributed by atoms with Crippen LogP contribution in [0.15, 0.2) is 12.2 Å². The summed E-state index contributed by atoms with van der Waals surface area (Å²) in [7, 11) is 1.60. The summed E-state index contributed by atoms with van der Waals surface area (Å²) in [6.07, 6.45) is 4.32. The summed E-state index contributed by atoms with van der Waals surface area (Å²) in [6.45, 7) is 1.84. The van der Waals surface area contributed by atoms with Crippen molar-refractivity contribution in [2.75, 3.05) is 13.6 Å². The highest BCUT2D eigenvalue weighted by Gasteiger charge is 2.13. The lowest BCUT2D eigenvalue weighted by atomic mass is 10.1. The number of likely N-dealkylation sites (N-methyl/N-ethyl adjacent to an activating group) is 1. The van der Waals surface area contributed by atoms with Crippen LogP contribution in [-0.2, 0) is 14.4 Å². The highest BCUT2D eigenvalue weighted by Crippen LogP contribution is 2.00. The zero-order valence-electron chi connectivity index (χ0n) is 10.7. The van der Waals surface area contributed by atoms with Gasteiger partial charge < -0.3 is 15.7 Å². The number of nitrogens with one attached hydrogen (secondary N) is 2. The van der Waals surface area contributed by atoms with Gasteiger partial charge in [-0.1, -0.05) is 14.9 Å². The Morgan fingerprint density at radius 1 is 1.15 bits per heavy atom. The normalized spacial score (nSPS) is 11.1. The molecule has 118 valence electrons. The van der Waals surface area contributed by atoms with Gasteiger partial charge in [-0.2, -0.15) is 0 Å². The number of carbonyl (C=O) groups is 3. The van der Waals surface area contributed by atoms with E-state index in [1.807, 2.05) is 0 Å². The van der Waals surface area contributed by atoms with E-state index < -0.39 is 12.0 Å². The highest BCUT2D eigenvalue weighted by molar-refractivity contribution is 5.96. The van der Waals surface area contributed by atoms with E-state index in [1.54, 1.807) is 7.05 Å². The van der Waals surface area contributed by atoms with Crippen molar-refractivity contribution in [1.29, 1.82) is 0 Å². The molecule has 0 aliphatic rings. The Morgan fingerprint density at radius 2 is 1.75 bits per heavy atom. The summed E-state index contributed by atoms with van der Waals surface area (Å²) >= 11 is 0. The molecule has 6 nitrogen and oxygen atoms in total. The molecule has 0 aromatic carbocycles. The molecule has 0 fully saturated rings. The Labute approximate surface area is 121 Å². The standard InChI is InChI=1S/C12H20N2O4.2CH4/c1-9(15)6-7-11(16)14-8-4-3-5-10(13-2)12(17)18;;/h6-7,10,13H,3-5,8H2,1-2H3,(H,14,16)(H,17,18);2*1H4/b7-6+;;/t10-;;/m0../s1. The first-order valence-electron chi connectivity index (χ1n) is 5.84. The first kappa shape index (κ1) is 23.4. The predicted octanol–water partition coefficient (Wildman–Crippen LogP) is 1.36. The molecule has 20 heavy (non-hydrogen) atoms. The molecule has 0 radical (unpaired) electrons. The number of unbranched alkanes of at least 4 members (excludes halogenated alkanes) is 1. The van der Waals surface area contributed by atoms with Crippen LogP contribution in [0.4, 0.5) is 0 Å². The summed E-state index contributed by atoms with van der Waals surface area (Å²) in [5.41, 5.74) is 0. The van der Waals surface area contributed by atoms with E-state index in [1.165, 1.54) is 19.1 Å². The minimum absolute atomic E-state index is 0. The van der Waals surface area contributed by atoms with E-state index >= 15 is 0 Å². The van der Waals surface area contributed by atoms with Crippen molar-refractivity contribution in [3.63, 3.8) is 0 Å². The molecule has 0 heterocycles. The topological polar surface area (TPSA) is 95.5 Å². The second kappa shape index (κ2) is 13.7. The minimum Gasteiger partial charge on any atom is -0.480 e. The molecular weight excluding hydrogens is 260 g/mol. The van der Waals surface area contributed by atoms with E-state index in [4.69, 9.17) is 5.11 Å². The molecule has 0 aliphatic carbocycles. The van der Waals surface area contributed by atoms with Crippen LogP contribution in [0.1, 0.15) is 41.0 Å². The van der Waals surface area contributed by atoms with Gasteiger partial charge in [0.2, 0.25) is 5.91 Å². The predicted molar refractivity (Wildman–Crippen MR) is 80.6 cm³/mol. The van der Waals surface area contributed by atoms with Gasteiger partial charge in [0, 0.05) is 12.6 Å². The van der Waals surface area contributed by atoms with Gasteiger partial charge in [-0.05, 0) is 39.3 Å². The Bertz CT molecular complexity index is 327. The number of aliphatic carboxylic acids is 1. The third-order valence-electron chi connectivity index (χ3n) is 2.33. The molecule has 0 aromatic rings. The number of carbonyl (C=O) groups excluding carboxylic acids is 2. The maximum atomic E-state index is 11.2. The van der Waals surface area contributed by atoms with E-state index in [2.05, 4.69) is 10.6 Å². The molecule has 0 bridgehead atoms. The van der Waals surface area contributed by atoms with Crippen molar-refractivity contribution in [2.45, 2.75) is 47.1 Å². The third-order valence-corrected chi connectivity index (χ3v) is 2.33. The minimum atomic E-state index is -0.870. The van der Waals surface area contributed by atoms with Gasteiger partial charge in [-0.15, -0.1) is 0 Å². The van der Waals surface area contributed by atoms with Crippen molar-refractivity contribution < 1.29 is 19.5 Å². The van der Waals surface area contributed by atoms with Crippen molar-refractivity contribution >= 4 is 17.7 Å². The fourth-order valence-electron chi connectivity index (χ4n) is 1.33. The van der Waals surface area contributed by atoms with Crippen LogP contribution in [0, 0.1) is 0 Å². The lowest BCUT2D eigenvalue weighted by Crippen LogP contribution is -2.33. The van der Waals surface area contributed by atoms with Crippen LogP contribution in [-0.4, -0.2) is 42.4 Å². The smallest absolute Gasteiger partial charge is 0.320 e. The Kier molecular flexibility index (Phi) is 16.1. The molecule has 6 heteroatoms. The molecule has 0 aromatic heterocycles. The van der Waals surface area contributed by atoms with Gasteiger partial charge in [-0.25, -0.2) is 0 Å². The second-order valence-electron chi connectivity index (χ2n) is 3.91. The fraction of sp³-hybridized carbons (Fsp3) is 0.643. The van der Waals surface area contributed by atoms with Crippen LogP contribution in [0.25, 0.3) is 0 Å². The van der Waals surface area contributed by atoms with Gasteiger partial charge in [-0.3, -0.25) is 14.4 Å². The van der Waals surface area contributed by atoms with E-state index in [9.17, 15) is 14.4 Å². The first-order chi connectivity index (χ1) is 8.47.